The minimum atomic E-state index is -1.22. The summed E-state index contributed by atoms with van der Waals surface area (Å²) in [5, 5.41) is 19.9. The van der Waals surface area contributed by atoms with Gasteiger partial charge in [0, 0.05) is 24.0 Å². The Labute approximate surface area is 126 Å². The highest BCUT2D eigenvalue weighted by Crippen LogP contribution is 2.56. The molecule has 1 fully saturated rings. The van der Waals surface area contributed by atoms with Gasteiger partial charge in [0.2, 0.25) is 0 Å². The van der Waals surface area contributed by atoms with E-state index in [1.54, 1.807) is 24.3 Å². The van der Waals surface area contributed by atoms with Crippen molar-refractivity contribution in [2.24, 2.45) is 5.92 Å². The van der Waals surface area contributed by atoms with E-state index in [-0.39, 0.29) is 24.7 Å². The number of aliphatic hydroxyl groups excluding tert-OH is 2. The molecule has 4 rings (SSSR count). The summed E-state index contributed by atoms with van der Waals surface area (Å²) < 4.78 is 11.2. The van der Waals surface area contributed by atoms with Crippen LogP contribution in [-0.2, 0) is 19.1 Å². The van der Waals surface area contributed by atoms with Crippen molar-refractivity contribution in [3.05, 3.63) is 36.0 Å². The zero-order chi connectivity index (χ0) is 15.5. The standard InChI is InChI=1S/C16H16O6/c17-11-3-4-15(10(5-11)7-14(20)21-15)16-8-12(18)2-1-9(16)6-13(19)22-16/h1-4,6,10-12,17-18H,5,7-8H2/t10-,11-,12-,15-,16-/m1/s1. The Balaban J connectivity index is 1.89. The summed E-state index contributed by atoms with van der Waals surface area (Å²) in [6.07, 6.45) is 7.02. The van der Waals surface area contributed by atoms with Crippen LogP contribution in [0.2, 0.25) is 0 Å². The Bertz CT molecular complexity index is 647. The van der Waals surface area contributed by atoms with E-state index in [4.69, 9.17) is 9.47 Å². The molecule has 5 atom stereocenters. The lowest BCUT2D eigenvalue weighted by Crippen LogP contribution is -2.61. The van der Waals surface area contributed by atoms with Crippen LogP contribution >= 0.6 is 0 Å². The number of rotatable bonds is 1. The third kappa shape index (κ3) is 1.62. The summed E-state index contributed by atoms with van der Waals surface area (Å²) in [5.74, 6) is -1.19. The first-order chi connectivity index (χ1) is 10.4. The van der Waals surface area contributed by atoms with Gasteiger partial charge in [0.1, 0.15) is 0 Å². The van der Waals surface area contributed by atoms with E-state index >= 15 is 0 Å². The fraction of sp³-hybridized carbons (Fsp3) is 0.500. The first kappa shape index (κ1) is 13.7. The summed E-state index contributed by atoms with van der Waals surface area (Å²) in [4.78, 5) is 23.8. The number of aliphatic hydroxyl groups is 2. The predicted molar refractivity (Wildman–Crippen MR) is 73.4 cm³/mol. The molecular weight excluding hydrogens is 288 g/mol. The second-order valence-corrected chi connectivity index (χ2v) is 6.31. The van der Waals surface area contributed by atoms with Gasteiger partial charge in [0.05, 0.1) is 18.6 Å². The largest absolute Gasteiger partial charge is 0.450 e. The van der Waals surface area contributed by atoms with Gasteiger partial charge < -0.3 is 19.7 Å². The molecule has 6 nitrogen and oxygen atoms in total. The third-order valence-corrected chi connectivity index (χ3v) is 5.03. The molecule has 2 N–H and O–H groups in total. The molecule has 6 heteroatoms. The highest BCUT2D eigenvalue weighted by Gasteiger charge is 2.68. The van der Waals surface area contributed by atoms with Crippen LogP contribution in [0.3, 0.4) is 0 Å². The summed E-state index contributed by atoms with van der Waals surface area (Å²) in [6, 6.07) is 0. The van der Waals surface area contributed by atoms with Gasteiger partial charge in [-0.25, -0.2) is 4.79 Å². The average molecular weight is 304 g/mol. The predicted octanol–water partition coefficient (Wildman–Crippen LogP) is 0.152. The minimum absolute atomic E-state index is 0.130. The maximum atomic E-state index is 11.9. The number of hydrogen-bond acceptors (Lipinski definition) is 6. The van der Waals surface area contributed by atoms with Gasteiger partial charge in [-0.1, -0.05) is 18.2 Å². The smallest absolute Gasteiger partial charge is 0.332 e. The van der Waals surface area contributed by atoms with E-state index in [0.717, 1.165) is 0 Å². The molecule has 4 aliphatic rings. The lowest BCUT2D eigenvalue weighted by Gasteiger charge is -2.49. The van der Waals surface area contributed by atoms with Gasteiger partial charge in [-0.3, -0.25) is 4.79 Å². The number of esters is 2. The molecule has 116 valence electrons. The lowest BCUT2D eigenvalue weighted by atomic mass is 9.63. The van der Waals surface area contributed by atoms with Gasteiger partial charge in [0.25, 0.3) is 0 Å². The van der Waals surface area contributed by atoms with Crippen LogP contribution in [0.15, 0.2) is 36.0 Å². The maximum absolute atomic E-state index is 11.9. The van der Waals surface area contributed by atoms with E-state index in [2.05, 4.69) is 0 Å². The van der Waals surface area contributed by atoms with Crippen molar-refractivity contribution >= 4 is 11.9 Å². The third-order valence-electron chi connectivity index (χ3n) is 5.03. The monoisotopic (exact) mass is 304 g/mol. The number of carbonyl (C=O) groups excluding carboxylic acids is 2. The molecule has 0 spiro atoms. The highest BCUT2D eigenvalue weighted by molar-refractivity contribution is 5.89. The maximum Gasteiger partial charge on any atom is 0.332 e. The first-order valence-corrected chi connectivity index (χ1v) is 7.36. The highest BCUT2D eigenvalue weighted by atomic mass is 16.6. The van der Waals surface area contributed by atoms with Gasteiger partial charge in [-0.2, -0.15) is 0 Å². The van der Waals surface area contributed by atoms with Crippen molar-refractivity contribution in [2.75, 3.05) is 0 Å². The Morgan fingerprint density at radius 2 is 1.95 bits per heavy atom. The van der Waals surface area contributed by atoms with Crippen molar-refractivity contribution in [3.8, 4) is 0 Å². The molecule has 2 aliphatic heterocycles. The van der Waals surface area contributed by atoms with Crippen LogP contribution in [0, 0.1) is 5.92 Å². The second kappa shape index (κ2) is 4.30. The fourth-order valence-electron chi connectivity index (χ4n) is 4.15. The van der Waals surface area contributed by atoms with E-state index in [1.807, 2.05) is 0 Å². The van der Waals surface area contributed by atoms with Gasteiger partial charge in [-0.05, 0) is 12.5 Å². The summed E-state index contributed by atoms with van der Waals surface area (Å²) in [6.45, 7) is 0. The molecular formula is C16H16O6. The normalized spacial score (nSPS) is 45.9. The Hall–Kier alpha value is -1.92. The first-order valence-electron chi connectivity index (χ1n) is 7.36. The zero-order valence-electron chi connectivity index (χ0n) is 11.8. The molecule has 0 unspecified atom stereocenters. The van der Waals surface area contributed by atoms with E-state index < -0.39 is 29.4 Å². The molecule has 0 bridgehead atoms. The lowest BCUT2D eigenvalue weighted by molar-refractivity contribution is -0.188. The quantitative estimate of drug-likeness (QED) is 0.529. The summed E-state index contributed by atoms with van der Waals surface area (Å²) in [5.41, 5.74) is -1.78. The molecule has 0 aromatic carbocycles. The molecule has 0 aromatic heterocycles. The van der Waals surface area contributed by atoms with Crippen molar-refractivity contribution in [2.45, 2.75) is 42.7 Å². The SMILES string of the molecule is O=C1C=C2C=C[C@@H](O)C[C@@]2([C@@]23C=C[C@@H](O)C[C@@H]2CC(=O)O3)O1. The van der Waals surface area contributed by atoms with Crippen LogP contribution < -0.4 is 0 Å². The van der Waals surface area contributed by atoms with Crippen molar-refractivity contribution in [3.63, 3.8) is 0 Å². The van der Waals surface area contributed by atoms with E-state index in [9.17, 15) is 19.8 Å². The van der Waals surface area contributed by atoms with E-state index in [1.165, 1.54) is 6.08 Å². The van der Waals surface area contributed by atoms with Gasteiger partial charge in [-0.15, -0.1) is 0 Å². The molecule has 22 heavy (non-hydrogen) atoms. The minimum Gasteiger partial charge on any atom is -0.450 e. The fourth-order valence-corrected chi connectivity index (χ4v) is 4.15. The molecule has 0 saturated carbocycles. The number of ether oxygens (including phenoxy) is 2. The van der Waals surface area contributed by atoms with Crippen LogP contribution in [-0.4, -0.2) is 45.6 Å². The van der Waals surface area contributed by atoms with Crippen LogP contribution in [0.4, 0.5) is 0 Å². The molecule has 0 amide bonds. The second-order valence-electron chi connectivity index (χ2n) is 6.31. The molecule has 2 heterocycles. The Morgan fingerprint density at radius 3 is 2.77 bits per heavy atom. The number of fused-ring (bicyclic) bond motifs is 3. The van der Waals surface area contributed by atoms with Gasteiger partial charge in [0.15, 0.2) is 11.2 Å². The molecule has 1 saturated heterocycles. The molecule has 0 aromatic rings. The molecule has 0 radical (unpaired) electrons. The summed E-state index contributed by atoms with van der Waals surface area (Å²) >= 11 is 0. The number of carbonyl (C=O) groups is 2. The van der Waals surface area contributed by atoms with Crippen LogP contribution in [0.1, 0.15) is 19.3 Å². The van der Waals surface area contributed by atoms with E-state index in [0.29, 0.717) is 12.0 Å². The van der Waals surface area contributed by atoms with Crippen LogP contribution in [0.25, 0.3) is 0 Å². The Morgan fingerprint density at radius 1 is 1.14 bits per heavy atom. The zero-order valence-corrected chi connectivity index (χ0v) is 11.8. The van der Waals surface area contributed by atoms with Crippen molar-refractivity contribution < 1.29 is 29.3 Å². The number of hydrogen-bond donors (Lipinski definition) is 2. The van der Waals surface area contributed by atoms with Crippen molar-refractivity contribution in [1.82, 2.24) is 0 Å². The summed E-state index contributed by atoms with van der Waals surface area (Å²) in [7, 11) is 0. The Kier molecular flexibility index (Phi) is 2.68. The van der Waals surface area contributed by atoms with Gasteiger partial charge >= 0.3 is 11.9 Å². The molecule has 2 aliphatic carbocycles. The van der Waals surface area contributed by atoms with Crippen LogP contribution in [0.5, 0.6) is 0 Å². The topological polar surface area (TPSA) is 93.1 Å². The van der Waals surface area contributed by atoms with Crippen molar-refractivity contribution in [1.29, 1.82) is 0 Å². The average Bonchev–Trinajstić information content (AvgIpc) is 2.95.